The molecule has 1 aliphatic carbocycles. The standard InChI is InChI=1S/C28H32N2O4S/c1-34-16-12-23-18-28(30-19-27(23)31)13-10-25(11-14-28)35(32,33)24-8-6-20(7-9-24)22-5-4-21-3-2-15-29-26(21)17-22/h2-9,15,17,23,25,30H,10-14,16,18-19H2,1H3. The highest BCUT2D eigenvalue weighted by Gasteiger charge is 2.44. The minimum Gasteiger partial charge on any atom is -0.385 e. The summed E-state index contributed by atoms with van der Waals surface area (Å²) in [5.41, 5.74) is 2.77. The molecule has 35 heavy (non-hydrogen) atoms. The molecule has 1 saturated carbocycles. The Kier molecular flexibility index (Phi) is 6.75. The summed E-state index contributed by atoms with van der Waals surface area (Å²) in [6.07, 6.45) is 6.05. The maximum absolute atomic E-state index is 13.4. The van der Waals surface area contributed by atoms with E-state index in [1.165, 1.54) is 0 Å². The van der Waals surface area contributed by atoms with Crippen LogP contribution < -0.4 is 5.32 Å². The van der Waals surface area contributed by atoms with Crippen molar-refractivity contribution in [2.45, 2.75) is 54.2 Å². The van der Waals surface area contributed by atoms with Gasteiger partial charge < -0.3 is 10.1 Å². The zero-order valence-corrected chi connectivity index (χ0v) is 20.9. The number of benzene rings is 2. The predicted octanol–water partition coefficient (Wildman–Crippen LogP) is 4.57. The smallest absolute Gasteiger partial charge is 0.181 e. The highest BCUT2D eigenvalue weighted by Crippen LogP contribution is 2.40. The van der Waals surface area contributed by atoms with Gasteiger partial charge in [-0.15, -0.1) is 0 Å². The Morgan fingerprint density at radius 1 is 1.06 bits per heavy atom. The molecule has 2 aromatic carbocycles. The quantitative estimate of drug-likeness (QED) is 0.543. The van der Waals surface area contributed by atoms with Gasteiger partial charge in [0.25, 0.3) is 0 Å². The van der Waals surface area contributed by atoms with Gasteiger partial charge >= 0.3 is 0 Å². The second-order valence-electron chi connectivity index (χ2n) is 9.96. The molecule has 0 radical (unpaired) electrons. The number of Topliss-reactive ketones (excluding diaryl/α,β-unsaturated/α-hetero) is 1. The fourth-order valence-corrected chi connectivity index (χ4v) is 7.47. The minimum atomic E-state index is -3.42. The van der Waals surface area contributed by atoms with Crippen molar-refractivity contribution in [2.24, 2.45) is 5.92 Å². The van der Waals surface area contributed by atoms with Crippen molar-refractivity contribution >= 4 is 26.5 Å². The lowest BCUT2D eigenvalue weighted by Crippen LogP contribution is -2.57. The number of piperidine rings is 1. The molecule has 1 atom stereocenters. The SMILES string of the molecule is COCCC1CC2(CCC(S(=O)(=O)c3ccc(-c4ccc5cccnc5c4)cc3)CC2)NCC1=O. The molecule has 5 rings (SSSR count). The van der Waals surface area contributed by atoms with Gasteiger partial charge in [-0.1, -0.05) is 30.3 Å². The van der Waals surface area contributed by atoms with E-state index in [1.807, 2.05) is 42.5 Å². The Morgan fingerprint density at radius 2 is 1.80 bits per heavy atom. The van der Waals surface area contributed by atoms with Crippen molar-refractivity contribution in [3.63, 3.8) is 0 Å². The minimum absolute atomic E-state index is 0.00204. The van der Waals surface area contributed by atoms with Gasteiger partial charge in [0.05, 0.1) is 22.2 Å². The normalized spacial score (nSPS) is 25.2. The monoisotopic (exact) mass is 492 g/mol. The van der Waals surface area contributed by atoms with Gasteiger partial charge in [0.2, 0.25) is 0 Å². The van der Waals surface area contributed by atoms with Crippen molar-refractivity contribution in [1.29, 1.82) is 0 Å². The van der Waals surface area contributed by atoms with Gasteiger partial charge in [0.15, 0.2) is 9.84 Å². The van der Waals surface area contributed by atoms with Crippen LogP contribution in [0.15, 0.2) is 65.7 Å². The summed E-state index contributed by atoms with van der Waals surface area (Å²) in [6.45, 7) is 0.951. The molecule has 6 nitrogen and oxygen atoms in total. The summed E-state index contributed by atoms with van der Waals surface area (Å²) in [5.74, 6) is 0.243. The molecule has 1 aromatic heterocycles. The summed E-state index contributed by atoms with van der Waals surface area (Å²) in [7, 11) is -1.76. The number of nitrogens with one attached hydrogen (secondary N) is 1. The zero-order valence-electron chi connectivity index (χ0n) is 20.1. The molecule has 0 amide bonds. The molecule has 2 fully saturated rings. The van der Waals surface area contributed by atoms with E-state index in [0.717, 1.165) is 47.7 Å². The Labute approximate surface area is 207 Å². The molecular weight excluding hydrogens is 460 g/mol. The van der Waals surface area contributed by atoms with Crippen LogP contribution in [0.1, 0.15) is 38.5 Å². The van der Waals surface area contributed by atoms with Gasteiger partial charge in [-0.05, 0) is 73.9 Å². The molecule has 1 spiro atoms. The summed E-state index contributed by atoms with van der Waals surface area (Å²) < 4.78 is 32.1. The predicted molar refractivity (Wildman–Crippen MR) is 137 cm³/mol. The van der Waals surface area contributed by atoms with E-state index < -0.39 is 9.84 Å². The van der Waals surface area contributed by atoms with E-state index >= 15 is 0 Å². The number of hydrogen-bond donors (Lipinski definition) is 1. The first-order valence-corrected chi connectivity index (χ1v) is 13.9. The van der Waals surface area contributed by atoms with Crippen LogP contribution in [0.5, 0.6) is 0 Å². The molecule has 2 aliphatic rings. The molecule has 3 aromatic rings. The third kappa shape index (κ3) is 4.90. The summed E-state index contributed by atoms with van der Waals surface area (Å²) >= 11 is 0. The van der Waals surface area contributed by atoms with E-state index in [-0.39, 0.29) is 22.5 Å². The van der Waals surface area contributed by atoms with Crippen molar-refractivity contribution in [3.8, 4) is 11.1 Å². The number of rotatable bonds is 6. The maximum atomic E-state index is 13.4. The van der Waals surface area contributed by atoms with E-state index in [4.69, 9.17) is 4.74 Å². The van der Waals surface area contributed by atoms with Crippen LogP contribution in [0.25, 0.3) is 22.0 Å². The van der Waals surface area contributed by atoms with Crippen LogP contribution in [0, 0.1) is 5.92 Å². The van der Waals surface area contributed by atoms with Gasteiger partial charge in [-0.3, -0.25) is 9.78 Å². The summed E-state index contributed by atoms with van der Waals surface area (Å²) in [4.78, 5) is 17.1. The molecule has 2 heterocycles. The zero-order chi connectivity index (χ0) is 24.5. The lowest BCUT2D eigenvalue weighted by Gasteiger charge is -2.45. The molecule has 1 aliphatic heterocycles. The molecule has 7 heteroatoms. The number of hydrogen-bond acceptors (Lipinski definition) is 6. The first kappa shape index (κ1) is 24.1. The lowest BCUT2D eigenvalue weighted by molar-refractivity contribution is -0.126. The van der Waals surface area contributed by atoms with E-state index in [1.54, 1.807) is 25.4 Å². The number of fused-ring (bicyclic) bond motifs is 1. The molecule has 1 saturated heterocycles. The second kappa shape index (κ2) is 9.80. The van der Waals surface area contributed by atoms with Crippen molar-refractivity contribution in [3.05, 3.63) is 60.8 Å². The van der Waals surface area contributed by atoms with E-state index in [9.17, 15) is 13.2 Å². The van der Waals surface area contributed by atoms with Crippen LogP contribution in [-0.4, -0.2) is 50.2 Å². The number of aromatic nitrogens is 1. The van der Waals surface area contributed by atoms with Gasteiger partial charge in [-0.2, -0.15) is 0 Å². The number of ether oxygens (including phenoxy) is 1. The Bertz CT molecular complexity index is 1310. The topological polar surface area (TPSA) is 85.4 Å². The first-order chi connectivity index (χ1) is 16.9. The van der Waals surface area contributed by atoms with Gasteiger partial charge in [-0.25, -0.2) is 8.42 Å². The Morgan fingerprint density at radius 3 is 2.54 bits per heavy atom. The average Bonchev–Trinajstić information content (AvgIpc) is 2.89. The molecule has 184 valence electrons. The molecular formula is C28H32N2O4S. The number of carbonyl (C=O) groups excluding carboxylic acids is 1. The van der Waals surface area contributed by atoms with Crippen LogP contribution in [0.4, 0.5) is 0 Å². The van der Waals surface area contributed by atoms with Gasteiger partial charge in [0, 0.05) is 36.8 Å². The summed E-state index contributed by atoms with van der Waals surface area (Å²) in [6, 6.07) is 17.3. The molecule has 1 N–H and O–H groups in total. The highest BCUT2D eigenvalue weighted by atomic mass is 32.2. The number of nitrogens with zero attached hydrogens (tertiary/aromatic N) is 1. The third-order valence-corrected chi connectivity index (χ3v) is 10.1. The lowest BCUT2D eigenvalue weighted by atomic mass is 9.71. The molecule has 0 bridgehead atoms. The third-order valence-electron chi connectivity index (χ3n) is 7.85. The molecule has 1 unspecified atom stereocenters. The number of pyridine rings is 1. The average molecular weight is 493 g/mol. The van der Waals surface area contributed by atoms with Crippen molar-refractivity contribution < 1.29 is 17.9 Å². The second-order valence-corrected chi connectivity index (χ2v) is 12.2. The highest BCUT2D eigenvalue weighted by molar-refractivity contribution is 7.92. The Balaban J connectivity index is 1.27. The maximum Gasteiger partial charge on any atom is 0.181 e. The van der Waals surface area contributed by atoms with Crippen LogP contribution in [0.3, 0.4) is 0 Å². The van der Waals surface area contributed by atoms with Crippen LogP contribution in [0.2, 0.25) is 0 Å². The van der Waals surface area contributed by atoms with Crippen molar-refractivity contribution in [1.82, 2.24) is 10.3 Å². The number of methoxy groups -OCH3 is 1. The fraction of sp³-hybridized carbons (Fsp3) is 0.429. The van der Waals surface area contributed by atoms with Crippen molar-refractivity contribution in [2.75, 3.05) is 20.3 Å². The largest absolute Gasteiger partial charge is 0.385 e. The Hall–Kier alpha value is -2.61. The van der Waals surface area contributed by atoms with Gasteiger partial charge in [0.1, 0.15) is 5.78 Å². The van der Waals surface area contributed by atoms with E-state index in [0.29, 0.717) is 30.9 Å². The number of carbonyl (C=O) groups is 1. The number of sulfone groups is 1. The number of ketones is 1. The van der Waals surface area contributed by atoms with E-state index in [2.05, 4.69) is 10.3 Å². The fourth-order valence-electron chi connectivity index (χ4n) is 5.71. The summed E-state index contributed by atoms with van der Waals surface area (Å²) in [5, 5.41) is 4.14. The van der Waals surface area contributed by atoms with Crippen LogP contribution in [-0.2, 0) is 19.4 Å². The first-order valence-electron chi connectivity index (χ1n) is 12.4. The van der Waals surface area contributed by atoms with Crippen LogP contribution >= 0.6 is 0 Å².